The van der Waals surface area contributed by atoms with E-state index in [2.05, 4.69) is 25.7 Å². The molecular weight excluding hydrogens is 406 g/mol. The van der Waals surface area contributed by atoms with Crippen LogP contribution in [0, 0.1) is 17.3 Å². The van der Waals surface area contributed by atoms with Crippen molar-refractivity contribution >= 4 is 27.7 Å². The highest BCUT2D eigenvalue weighted by molar-refractivity contribution is 9.10. The zero-order valence-corrected chi connectivity index (χ0v) is 18.5. The summed E-state index contributed by atoms with van der Waals surface area (Å²) in [7, 11) is 0. The van der Waals surface area contributed by atoms with Gasteiger partial charge in [0.2, 0.25) is 11.8 Å². The molecule has 2 atom stereocenters. The van der Waals surface area contributed by atoms with Gasteiger partial charge in [0.15, 0.2) is 0 Å². The Bertz CT molecular complexity index is 584. The predicted molar refractivity (Wildman–Crippen MR) is 110 cm³/mol. The first-order chi connectivity index (χ1) is 12.9. The normalized spacial score (nSPS) is 38.3. The molecule has 0 radical (unpaired) electrons. The van der Waals surface area contributed by atoms with E-state index in [9.17, 15) is 9.59 Å². The highest BCUT2D eigenvalue weighted by Gasteiger charge is 2.60. The van der Waals surface area contributed by atoms with Gasteiger partial charge < -0.3 is 9.80 Å². The highest BCUT2D eigenvalue weighted by Crippen LogP contribution is 2.64. The molecule has 1 saturated heterocycles. The molecule has 0 N–H and O–H groups in total. The molecule has 0 aromatic carbocycles. The van der Waals surface area contributed by atoms with Crippen molar-refractivity contribution in [3.8, 4) is 0 Å². The Morgan fingerprint density at radius 2 is 1.59 bits per heavy atom. The van der Waals surface area contributed by atoms with E-state index in [1.807, 2.05) is 18.7 Å². The molecule has 4 bridgehead atoms. The minimum absolute atomic E-state index is 0.104. The van der Waals surface area contributed by atoms with Gasteiger partial charge >= 0.3 is 0 Å². The monoisotopic (exact) mass is 439 g/mol. The predicted octanol–water partition coefficient (Wildman–Crippen LogP) is 2.73. The van der Waals surface area contributed by atoms with Crippen LogP contribution in [0.3, 0.4) is 0 Å². The smallest absolute Gasteiger partial charge is 0.236 e. The van der Waals surface area contributed by atoms with Gasteiger partial charge in [0, 0.05) is 43.6 Å². The number of carbonyl (C=O) groups excluding carboxylic acids is 2. The van der Waals surface area contributed by atoms with Crippen molar-refractivity contribution in [2.75, 3.05) is 45.8 Å². The molecule has 1 heterocycles. The first-order valence-corrected chi connectivity index (χ1v) is 11.6. The minimum Gasteiger partial charge on any atom is -0.342 e. The molecule has 5 rings (SSSR count). The van der Waals surface area contributed by atoms with Gasteiger partial charge in [-0.05, 0) is 64.2 Å². The van der Waals surface area contributed by atoms with Gasteiger partial charge in [-0.3, -0.25) is 14.5 Å². The summed E-state index contributed by atoms with van der Waals surface area (Å²) in [5.41, 5.74) is -0.104. The van der Waals surface area contributed by atoms with Crippen molar-refractivity contribution in [1.29, 1.82) is 0 Å². The quantitative estimate of drug-likeness (QED) is 0.618. The first kappa shape index (κ1) is 19.7. The number of hydrogen-bond donors (Lipinski definition) is 0. The third-order valence-electron chi connectivity index (χ3n) is 7.58. The summed E-state index contributed by atoms with van der Waals surface area (Å²) in [4.78, 5) is 32.1. The van der Waals surface area contributed by atoms with Crippen molar-refractivity contribution < 1.29 is 9.59 Å². The Labute approximate surface area is 171 Å². The number of rotatable bonds is 5. The molecule has 6 heteroatoms. The van der Waals surface area contributed by atoms with Crippen molar-refractivity contribution in [2.45, 2.75) is 56.7 Å². The van der Waals surface area contributed by atoms with Crippen LogP contribution < -0.4 is 0 Å². The Hall–Kier alpha value is -0.620. The van der Waals surface area contributed by atoms with Gasteiger partial charge in [0.1, 0.15) is 0 Å². The summed E-state index contributed by atoms with van der Waals surface area (Å²) in [5, 5.41) is 0. The fourth-order valence-electron chi connectivity index (χ4n) is 6.71. The van der Waals surface area contributed by atoms with Crippen LogP contribution >= 0.6 is 15.9 Å². The average Bonchev–Trinajstić information content (AvgIpc) is 2.60. The molecule has 2 amide bonds. The van der Waals surface area contributed by atoms with E-state index in [1.54, 1.807) is 0 Å². The van der Waals surface area contributed by atoms with E-state index in [4.69, 9.17) is 0 Å². The van der Waals surface area contributed by atoms with Crippen molar-refractivity contribution in [3.05, 3.63) is 0 Å². The zero-order chi connectivity index (χ0) is 19.2. The number of likely N-dealkylation sites (N-methyl/N-ethyl adjacent to an activating group) is 1. The number of carbonyl (C=O) groups is 2. The van der Waals surface area contributed by atoms with Crippen LogP contribution in [0.25, 0.3) is 0 Å². The number of halogens is 1. The lowest BCUT2D eigenvalue weighted by Gasteiger charge is -2.60. The molecule has 2 unspecified atom stereocenters. The molecule has 27 heavy (non-hydrogen) atoms. The van der Waals surface area contributed by atoms with Crippen LogP contribution in [0.5, 0.6) is 0 Å². The fraction of sp³-hybridized carbons (Fsp3) is 0.905. The molecule has 152 valence electrons. The molecule has 0 aromatic rings. The fourth-order valence-corrected chi connectivity index (χ4v) is 8.17. The molecular formula is C21H34BrN3O2. The third kappa shape index (κ3) is 3.68. The lowest BCUT2D eigenvalue weighted by molar-refractivity contribution is -0.157. The largest absolute Gasteiger partial charge is 0.342 e. The number of amides is 2. The number of piperazine rings is 1. The summed E-state index contributed by atoms with van der Waals surface area (Å²) in [6.45, 7) is 9.28. The Kier molecular flexibility index (Phi) is 5.34. The van der Waals surface area contributed by atoms with Crippen LogP contribution in [-0.2, 0) is 9.59 Å². The Morgan fingerprint density at radius 1 is 1.00 bits per heavy atom. The second kappa shape index (κ2) is 7.33. The Morgan fingerprint density at radius 3 is 2.11 bits per heavy atom. The lowest BCUT2D eigenvalue weighted by Crippen LogP contribution is -2.61. The maximum atomic E-state index is 13.5. The van der Waals surface area contributed by atoms with Crippen LogP contribution in [0.4, 0.5) is 0 Å². The first-order valence-electron chi connectivity index (χ1n) is 10.8. The molecule has 0 aromatic heterocycles. The van der Waals surface area contributed by atoms with E-state index in [0.29, 0.717) is 12.5 Å². The van der Waals surface area contributed by atoms with Gasteiger partial charge in [-0.15, -0.1) is 0 Å². The van der Waals surface area contributed by atoms with Gasteiger partial charge in [-0.1, -0.05) is 15.9 Å². The van der Waals surface area contributed by atoms with Crippen molar-refractivity contribution in [1.82, 2.24) is 14.7 Å². The van der Waals surface area contributed by atoms with Crippen molar-refractivity contribution in [2.24, 2.45) is 17.3 Å². The molecule has 5 aliphatic rings. The van der Waals surface area contributed by atoms with Gasteiger partial charge in [0.05, 0.1) is 12.0 Å². The topological polar surface area (TPSA) is 43.9 Å². The SMILES string of the molecule is CCN(CC)C(=O)CN1CCN(C(=O)C23CC4CC(CC(Br)(C4)C2)C3)CC1. The third-order valence-corrected chi connectivity index (χ3v) is 8.51. The highest BCUT2D eigenvalue weighted by atomic mass is 79.9. The Balaban J connectivity index is 1.35. The summed E-state index contributed by atoms with van der Waals surface area (Å²) in [5.74, 6) is 2.10. The van der Waals surface area contributed by atoms with E-state index < -0.39 is 0 Å². The van der Waals surface area contributed by atoms with Crippen LogP contribution in [-0.4, -0.2) is 76.7 Å². The van der Waals surface area contributed by atoms with Crippen LogP contribution in [0.2, 0.25) is 0 Å². The maximum Gasteiger partial charge on any atom is 0.236 e. The molecule has 0 spiro atoms. The molecule has 1 aliphatic heterocycles. The molecule has 5 fully saturated rings. The lowest BCUT2D eigenvalue weighted by atomic mass is 9.49. The van der Waals surface area contributed by atoms with Crippen LogP contribution in [0.1, 0.15) is 52.4 Å². The van der Waals surface area contributed by atoms with E-state index in [1.165, 1.54) is 19.3 Å². The molecule has 4 aliphatic carbocycles. The molecule has 4 saturated carbocycles. The second-order valence-corrected chi connectivity index (χ2v) is 11.2. The van der Waals surface area contributed by atoms with Crippen LogP contribution in [0.15, 0.2) is 0 Å². The second-order valence-electron chi connectivity index (χ2n) is 9.53. The summed E-state index contributed by atoms with van der Waals surface area (Å²) < 4.78 is 0.227. The van der Waals surface area contributed by atoms with E-state index in [-0.39, 0.29) is 15.6 Å². The minimum atomic E-state index is -0.104. The number of hydrogen-bond acceptors (Lipinski definition) is 3. The van der Waals surface area contributed by atoms with Gasteiger partial charge in [-0.25, -0.2) is 0 Å². The standard InChI is InChI=1S/C21H34BrN3O2/c1-3-24(4-2)18(26)14-23-5-7-25(8-6-23)19(27)20-10-16-9-17(11-20)13-21(22,12-16)15-20/h16-17H,3-15H2,1-2H3. The number of alkyl halides is 1. The summed E-state index contributed by atoms with van der Waals surface area (Å²) >= 11 is 4.03. The van der Waals surface area contributed by atoms with Gasteiger partial charge in [-0.2, -0.15) is 0 Å². The number of nitrogens with zero attached hydrogens (tertiary/aromatic N) is 3. The summed E-state index contributed by atoms with van der Waals surface area (Å²) in [6, 6.07) is 0. The van der Waals surface area contributed by atoms with E-state index >= 15 is 0 Å². The molecule has 5 nitrogen and oxygen atoms in total. The van der Waals surface area contributed by atoms with E-state index in [0.717, 1.165) is 70.4 Å². The maximum absolute atomic E-state index is 13.5. The van der Waals surface area contributed by atoms with Gasteiger partial charge in [0.25, 0.3) is 0 Å². The van der Waals surface area contributed by atoms with Crippen molar-refractivity contribution in [3.63, 3.8) is 0 Å². The summed E-state index contributed by atoms with van der Waals surface area (Å²) in [6.07, 6.45) is 7.11. The average molecular weight is 440 g/mol. The zero-order valence-electron chi connectivity index (χ0n) is 16.9.